The van der Waals surface area contributed by atoms with Gasteiger partial charge < -0.3 is 16.2 Å². The number of carboxylic acid groups (broad SMARTS) is 1. The lowest BCUT2D eigenvalue weighted by Crippen LogP contribution is -2.35. The highest BCUT2D eigenvalue weighted by atomic mass is 16.4. The highest BCUT2D eigenvalue weighted by Gasteiger charge is 2.31. The Kier molecular flexibility index (Phi) is 5.97. The molecule has 1 aliphatic carbocycles. The van der Waals surface area contributed by atoms with Crippen molar-refractivity contribution in [3.05, 3.63) is 0 Å². The van der Waals surface area contributed by atoms with E-state index in [1.165, 1.54) is 0 Å². The second-order valence-corrected chi connectivity index (χ2v) is 4.68. The molecule has 98 valence electrons. The third-order valence-corrected chi connectivity index (χ3v) is 3.42. The number of aliphatic carboxylic acids is 1. The molecule has 0 bridgehead atoms. The van der Waals surface area contributed by atoms with Gasteiger partial charge in [0.15, 0.2) is 0 Å². The Bertz CT molecular complexity index is 268. The predicted octanol–water partition coefficient (Wildman–Crippen LogP) is 0.732. The summed E-state index contributed by atoms with van der Waals surface area (Å²) in [5.74, 6) is -0.294. The van der Waals surface area contributed by atoms with E-state index in [0.29, 0.717) is 25.4 Å². The van der Waals surface area contributed by atoms with Crippen LogP contribution >= 0.6 is 0 Å². The van der Waals surface area contributed by atoms with Crippen molar-refractivity contribution in [3.63, 3.8) is 0 Å². The van der Waals surface area contributed by atoms with E-state index in [9.17, 15) is 9.59 Å². The Morgan fingerprint density at radius 2 is 2.06 bits per heavy atom. The minimum Gasteiger partial charge on any atom is -0.481 e. The fourth-order valence-corrected chi connectivity index (χ4v) is 2.41. The summed E-state index contributed by atoms with van der Waals surface area (Å²) >= 11 is 0. The quantitative estimate of drug-likeness (QED) is 0.574. The molecule has 0 saturated heterocycles. The van der Waals surface area contributed by atoms with Crippen molar-refractivity contribution >= 4 is 11.9 Å². The Morgan fingerprint density at radius 1 is 1.29 bits per heavy atom. The maximum atomic E-state index is 11.8. The molecule has 5 nitrogen and oxygen atoms in total. The van der Waals surface area contributed by atoms with Gasteiger partial charge in [0.1, 0.15) is 0 Å². The van der Waals surface area contributed by atoms with Crippen LogP contribution in [0.1, 0.15) is 38.5 Å². The zero-order chi connectivity index (χ0) is 12.7. The van der Waals surface area contributed by atoms with Gasteiger partial charge in [0, 0.05) is 18.9 Å². The monoisotopic (exact) mass is 242 g/mol. The van der Waals surface area contributed by atoms with E-state index in [2.05, 4.69) is 5.32 Å². The molecule has 4 N–H and O–H groups in total. The molecule has 17 heavy (non-hydrogen) atoms. The summed E-state index contributed by atoms with van der Waals surface area (Å²) in [5, 5.41) is 11.3. The zero-order valence-corrected chi connectivity index (χ0v) is 10.2. The standard InChI is InChI=1S/C12H22N2O3/c13-8-9-4-3-5-10(9)12(17)14-7-2-1-6-11(15)16/h9-10H,1-8,13H2,(H,14,17)(H,15,16). The summed E-state index contributed by atoms with van der Waals surface area (Å²) in [5.41, 5.74) is 5.63. The van der Waals surface area contributed by atoms with Crippen molar-refractivity contribution in [2.75, 3.05) is 13.1 Å². The van der Waals surface area contributed by atoms with Gasteiger partial charge in [-0.25, -0.2) is 0 Å². The van der Waals surface area contributed by atoms with Crippen LogP contribution in [0.2, 0.25) is 0 Å². The van der Waals surface area contributed by atoms with Crippen LogP contribution in [0.3, 0.4) is 0 Å². The maximum absolute atomic E-state index is 11.8. The summed E-state index contributed by atoms with van der Waals surface area (Å²) in [4.78, 5) is 22.1. The fourth-order valence-electron chi connectivity index (χ4n) is 2.41. The molecule has 1 amide bonds. The molecule has 1 fully saturated rings. The molecule has 0 radical (unpaired) electrons. The van der Waals surface area contributed by atoms with E-state index in [-0.39, 0.29) is 18.2 Å². The van der Waals surface area contributed by atoms with E-state index in [1.54, 1.807) is 0 Å². The molecule has 0 aliphatic heterocycles. The number of hydrogen-bond donors (Lipinski definition) is 3. The van der Waals surface area contributed by atoms with Crippen LogP contribution in [0, 0.1) is 11.8 Å². The number of nitrogens with one attached hydrogen (secondary N) is 1. The molecule has 1 rings (SSSR count). The van der Waals surface area contributed by atoms with Crippen molar-refractivity contribution in [1.29, 1.82) is 0 Å². The van der Waals surface area contributed by atoms with Gasteiger partial charge in [-0.15, -0.1) is 0 Å². The lowest BCUT2D eigenvalue weighted by Gasteiger charge is -2.17. The number of carbonyl (C=O) groups excluding carboxylic acids is 1. The van der Waals surface area contributed by atoms with Crippen LogP contribution in [0.5, 0.6) is 0 Å². The van der Waals surface area contributed by atoms with Gasteiger partial charge in [0.2, 0.25) is 5.91 Å². The van der Waals surface area contributed by atoms with Crippen LogP contribution < -0.4 is 11.1 Å². The summed E-state index contributed by atoms with van der Waals surface area (Å²) < 4.78 is 0. The van der Waals surface area contributed by atoms with Crippen LogP contribution in [-0.4, -0.2) is 30.1 Å². The Morgan fingerprint density at radius 3 is 2.71 bits per heavy atom. The molecule has 0 heterocycles. The van der Waals surface area contributed by atoms with E-state index in [4.69, 9.17) is 10.8 Å². The molecule has 0 aromatic carbocycles. The summed E-state index contributed by atoms with van der Waals surface area (Å²) in [6.45, 7) is 1.15. The first-order valence-corrected chi connectivity index (χ1v) is 6.34. The minimum atomic E-state index is -0.782. The second kappa shape index (κ2) is 7.27. The van der Waals surface area contributed by atoms with Gasteiger partial charge in [-0.05, 0) is 38.1 Å². The number of hydrogen-bond acceptors (Lipinski definition) is 3. The van der Waals surface area contributed by atoms with Crippen LogP contribution in [0.25, 0.3) is 0 Å². The smallest absolute Gasteiger partial charge is 0.303 e. The second-order valence-electron chi connectivity index (χ2n) is 4.68. The van der Waals surface area contributed by atoms with Crippen molar-refractivity contribution < 1.29 is 14.7 Å². The van der Waals surface area contributed by atoms with E-state index in [1.807, 2.05) is 0 Å². The first-order chi connectivity index (χ1) is 8.15. The number of carbonyl (C=O) groups is 2. The molecule has 5 heteroatoms. The molecule has 1 aliphatic rings. The highest BCUT2D eigenvalue weighted by molar-refractivity contribution is 5.79. The van der Waals surface area contributed by atoms with Crippen molar-refractivity contribution in [1.82, 2.24) is 5.32 Å². The first kappa shape index (κ1) is 14.0. The SMILES string of the molecule is NCC1CCCC1C(=O)NCCCCC(=O)O. The van der Waals surface area contributed by atoms with Gasteiger partial charge in [-0.2, -0.15) is 0 Å². The minimum absolute atomic E-state index is 0.0690. The number of nitrogens with two attached hydrogens (primary N) is 1. The number of unbranched alkanes of at least 4 members (excludes halogenated alkanes) is 1. The lowest BCUT2D eigenvalue weighted by molar-refractivity contribution is -0.137. The Balaban J connectivity index is 2.14. The fraction of sp³-hybridized carbons (Fsp3) is 0.833. The molecular weight excluding hydrogens is 220 g/mol. The average Bonchev–Trinajstić information content (AvgIpc) is 2.75. The predicted molar refractivity (Wildman–Crippen MR) is 64.4 cm³/mol. The summed E-state index contributed by atoms with van der Waals surface area (Å²) in [6, 6.07) is 0. The number of rotatable bonds is 7. The molecule has 1 saturated carbocycles. The van der Waals surface area contributed by atoms with Gasteiger partial charge in [0.05, 0.1) is 0 Å². The van der Waals surface area contributed by atoms with Gasteiger partial charge in [0.25, 0.3) is 0 Å². The summed E-state index contributed by atoms with van der Waals surface area (Å²) in [7, 11) is 0. The highest BCUT2D eigenvalue weighted by Crippen LogP contribution is 2.30. The van der Waals surface area contributed by atoms with Crippen molar-refractivity contribution in [2.24, 2.45) is 17.6 Å². The zero-order valence-electron chi connectivity index (χ0n) is 10.2. The van der Waals surface area contributed by atoms with E-state index < -0.39 is 5.97 Å². The maximum Gasteiger partial charge on any atom is 0.303 e. The van der Waals surface area contributed by atoms with Gasteiger partial charge in [-0.3, -0.25) is 9.59 Å². The van der Waals surface area contributed by atoms with Crippen LogP contribution in [-0.2, 0) is 9.59 Å². The normalized spacial score (nSPS) is 23.6. The topological polar surface area (TPSA) is 92.4 Å². The Labute approximate surface area is 102 Å². The Hall–Kier alpha value is -1.10. The van der Waals surface area contributed by atoms with Crippen LogP contribution in [0.15, 0.2) is 0 Å². The van der Waals surface area contributed by atoms with Gasteiger partial charge >= 0.3 is 5.97 Å². The third kappa shape index (κ3) is 4.73. The number of carboxylic acids is 1. The van der Waals surface area contributed by atoms with Gasteiger partial charge in [-0.1, -0.05) is 6.42 Å². The molecule has 0 aromatic rings. The molecule has 2 atom stereocenters. The van der Waals surface area contributed by atoms with Crippen molar-refractivity contribution in [3.8, 4) is 0 Å². The molecule has 0 spiro atoms. The number of amides is 1. The largest absolute Gasteiger partial charge is 0.481 e. The third-order valence-electron chi connectivity index (χ3n) is 3.42. The van der Waals surface area contributed by atoms with E-state index in [0.717, 1.165) is 25.7 Å². The van der Waals surface area contributed by atoms with E-state index >= 15 is 0 Å². The van der Waals surface area contributed by atoms with Crippen molar-refractivity contribution in [2.45, 2.75) is 38.5 Å². The molecule has 0 aromatic heterocycles. The first-order valence-electron chi connectivity index (χ1n) is 6.34. The average molecular weight is 242 g/mol. The molecular formula is C12H22N2O3. The summed E-state index contributed by atoms with van der Waals surface area (Å²) in [6.07, 6.45) is 4.57. The molecule has 2 unspecified atom stereocenters. The van der Waals surface area contributed by atoms with Crippen LogP contribution in [0.4, 0.5) is 0 Å². The lowest BCUT2D eigenvalue weighted by atomic mass is 9.95.